The predicted octanol–water partition coefficient (Wildman–Crippen LogP) is 5.57. The molecule has 0 spiro atoms. The molecular weight excluding hydrogens is 450 g/mol. The summed E-state index contributed by atoms with van der Waals surface area (Å²) in [4.78, 5) is 2.24. The summed E-state index contributed by atoms with van der Waals surface area (Å²) in [6.45, 7) is 3.90. The highest BCUT2D eigenvalue weighted by molar-refractivity contribution is 5.75. The highest BCUT2D eigenvalue weighted by Gasteiger charge is 2.30. The van der Waals surface area contributed by atoms with Crippen molar-refractivity contribution in [2.75, 3.05) is 18.0 Å². The molecule has 0 aliphatic carbocycles. The Balaban J connectivity index is 1.46. The fraction of sp³-hybridized carbons (Fsp3) is 0.320. The molecule has 0 unspecified atom stereocenters. The zero-order chi connectivity index (χ0) is 24.3. The van der Waals surface area contributed by atoms with Crippen LogP contribution >= 0.6 is 0 Å². The molecular formula is C25H25F4N3O2. The first-order valence-corrected chi connectivity index (χ1v) is 11.0. The van der Waals surface area contributed by atoms with Crippen molar-refractivity contribution in [1.29, 1.82) is 0 Å². The Morgan fingerprint density at radius 2 is 1.82 bits per heavy atom. The van der Waals surface area contributed by atoms with Gasteiger partial charge in [0.25, 0.3) is 0 Å². The van der Waals surface area contributed by atoms with Gasteiger partial charge in [-0.2, -0.15) is 5.10 Å². The monoisotopic (exact) mass is 475 g/mol. The fourth-order valence-electron chi connectivity index (χ4n) is 3.92. The van der Waals surface area contributed by atoms with Crippen molar-refractivity contribution in [3.05, 3.63) is 77.1 Å². The smallest absolute Gasteiger partial charge is 0.406 e. The molecule has 0 radical (unpaired) electrons. The SMILES string of the molecule is Cc1cc(C(F)=Cc2ccc(OC(F)(F)F)cc2)nn1Cc1cccc(N2CCC(O)CC2)c1. The van der Waals surface area contributed by atoms with E-state index in [-0.39, 0.29) is 17.5 Å². The lowest BCUT2D eigenvalue weighted by Gasteiger charge is -2.31. The number of halogens is 4. The lowest BCUT2D eigenvalue weighted by atomic mass is 10.1. The first-order chi connectivity index (χ1) is 16.2. The van der Waals surface area contributed by atoms with Crippen LogP contribution in [-0.2, 0) is 6.54 Å². The standard InChI is InChI=1S/C25H25F4N3O2/c1-17-13-24(23(26)15-18-5-7-22(8-6-18)34-25(27,28)29)30-32(17)16-19-3-2-4-20(14-19)31-11-9-21(33)10-12-31/h2-8,13-15,21,33H,9-12,16H2,1H3. The zero-order valence-corrected chi connectivity index (χ0v) is 18.6. The molecule has 180 valence electrons. The van der Waals surface area contributed by atoms with Crippen molar-refractivity contribution in [1.82, 2.24) is 9.78 Å². The number of hydrogen-bond donors (Lipinski definition) is 1. The van der Waals surface area contributed by atoms with Gasteiger partial charge in [-0.25, -0.2) is 4.39 Å². The lowest BCUT2D eigenvalue weighted by Crippen LogP contribution is -2.35. The summed E-state index contributed by atoms with van der Waals surface area (Å²) in [7, 11) is 0. The second-order valence-corrected chi connectivity index (χ2v) is 8.33. The number of alkyl halides is 3. The van der Waals surface area contributed by atoms with Crippen LogP contribution < -0.4 is 9.64 Å². The highest BCUT2D eigenvalue weighted by atomic mass is 19.4. The molecule has 0 bridgehead atoms. The van der Waals surface area contributed by atoms with Crippen molar-refractivity contribution < 1.29 is 27.4 Å². The Bertz CT molecular complexity index is 1150. The molecule has 0 saturated carbocycles. The van der Waals surface area contributed by atoms with Gasteiger partial charge in [-0.1, -0.05) is 24.3 Å². The number of rotatable bonds is 6. The number of benzene rings is 2. The molecule has 9 heteroatoms. The minimum Gasteiger partial charge on any atom is -0.406 e. The summed E-state index contributed by atoms with van der Waals surface area (Å²) in [5.74, 6) is -0.958. The zero-order valence-electron chi connectivity index (χ0n) is 18.6. The van der Waals surface area contributed by atoms with E-state index < -0.39 is 12.2 Å². The van der Waals surface area contributed by atoms with Gasteiger partial charge in [0, 0.05) is 24.5 Å². The molecule has 0 atom stereocenters. The molecule has 2 heterocycles. The highest BCUT2D eigenvalue weighted by Crippen LogP contribution is 2.26. The normalized spacial score (nSPS) is 15.6. The maximum absolute atomic E-state index is 14.8. The molecule has 1 fully saturated rings. The molecule has 34 heavy (non-hydrogen) atoms. The quantitative estimate of drug-likeness (QED) is 0.474. The molecule has 1 aliphatic heterocycles. The number of anilines is 1. The number of aryl methyl sites for hydroxylation is 1. The van der Waals surface area contributed by atoms with Gasteiger partial charge in [0.05, 0.1) is 12.6 Å². The van der Waals surface area contributed by atoms with Crippen LogP contribution in [0, 0.1) is 6.92 Å². The largest absolute Gasteiger partial charge is 0.573 e. The van der Waals surface area contributed by atoms with E-state index in [1.807, 2.05) is 25.1 Å². The Morgan fingerprint density at radius 1 is 1.12 bits per heavy atom. The number of piperidine rings is 1. The predicted molar refractivity (Wildman–Crippen MR) is 122 cm³/mol. The average molecular weight is 475 g/mol. The summed E-state index contributed by atoms with van der Waals surface area (Å²) in [6.07, 6.45) is -2.30. The molecule has 1 N–H and O–H groups in total. The Kier molecular flexibility index (Phi) is 6.92. The third-order valence-electron chi connectivity index (χ3n) is 5.71. The van der Waals surface area contributed by atoms with Gasteiger partial charge >= 0.3 is 6.36 Å². The van der Waals surface area contributed by atoms with E-state index in [0.29, 0.717) is 12.1 Å². The van der Waals surface area contributed by atoms with Gasteiger partial charge in [-0.15, -0.1) is 13.2 Å². The Hall–Kier alpha value is -3.33. The number of aliphatic hydroxyl groups is 1. The Labute approximate surface area is 194 Å². The number of hydrogen-bond acceptors (Lipinski definition) is 4. The minimum atomic E-state index is -4.78. The summed E-state index contributed by atoms with van der Waals surface area (Å²) >= 11 is 0. The maximum Gasteiger partial charge on any atom is 0.573 e. The summed E-state index contributed by atoms with van der Waals surface area (Å²) < 4.78 is 57.2. The van der Waals surface area contributed by atoms with Gasteiger partial charge in [0.15, 0.2) is 5.83 Å². The van der Waals surface area contributed by atoms with Crippen molar-refractivity contribution in [3.63, 3.8) is 0 Å². The van der Waals surface area contributed by atoms with E-state index in [1.165, 1.54) is 18.2 Å². The molecule has 2 aromatic carbocycles. The van der Waals surface area contributed by atoms with Gasteiger partial charge in [-0.05, 0) is 67.3 Å². The fourth-order valence-corrected chi connectivity index (χ4v) is 3.92. The van der Waals surface area contributed by atoms with Crippen molar-refractivity contribution in [2.45, 2.75) is 38.8 Å². The molecule has 0 amide bonds. The van der Waals surface area contributed by atoms with Gasteiger partial charge in [0.2, 0.25) is 0 Å². The van der Waals surface area contributed by atoms with Crippen LogP contribution in [0.15, 0.2) is 54.6 Å². The molecule has 5 nitrogen and oxygen atoms in total. The average Bonchev–Trinajstić information content (AvgIpc) is 3.15. The molecule has 1 aromatic heterocycles. The Morgan fingerprint density at radius 3 is 2.50 bits per heavy atom. The van der Waals surface area contributed by atoms with Crippen molar-refractivity contribution >= 4 is 17.6 Å². The first-order valence-electron chi connectivity index (χ1n) is 11.0. The molecule has 1 saturated heterocycles. The topological polar surface area (TPSA) is 50.5 Å². The van der Waals surface area contributed by atoms with Crippen molar-refractivity contribution in [3.8, 4) is 5.75 Å². The van der Waals surface area contributed by atoms with Crippen LogP contribution in [0.2, 0.25) is 0 Å². The number of nitrogens with zero attached hydrogens (tertiary/aromatic N) is 3. The van der Waals surface area contributed by atoms with E-state index in [9.17, 15) is 22.7 Å². The van der Waals surface area contributed by atoms with Gasteiger partial charge in [0.1, 0.15) is 11.4 Å². The third-order valence-corrected chi connectivity index (χ3v) is 5.71. The van der Waals surface area contributed by atoms with Gasteiger partial charge in [-0.3, -0.25) is 4.68 Å². The van der Waals surface area contributed by atoms with Gasteiger partial charge < -0.3 is 14.7 Å². The summed E-state index contributed by atoms with van der Waals surface area (Å²) in [5.41, 5.74) is 3.41. The third kappa shape index (κ3) is 6.17. The molecule has 1 aliphatic rings. The van der Waals surface area contributed by atoms with Crippen LogP contribution in [0.4, 0.5) is 23.2 Å². The van der Waals surface area contributed by atoms with E-state index >= 15 is 0 Å². The summed E-state index contributed by atoms with van der Waals surface area (Å²) in [5, 5.41) is 14.1. The van der Waals surface area contributed by atoms with E-state index in [0.717, 1.165) is 55.0 Å². The number of aliphatic hydroxyl groups excluding tert-OH is 1. The van der Waals surface area contributed by atoms with Crippen LogP contribution in [-0.4, -0.2) is 40.4 Å². The van der Waals surface area contributed by atoms with Crippen molar-refractivity contribution in [2.24, 2.45) is 0 Å². The molecule has 4 rings (SSSR count). The van der Waals surface area contributed by atoms with Crippen LogP contribution in [0.25, 0.3) is 11.9 Å². The number of ether oxygens (including phenoxy) is 1. The second kappa shape index (κ2) is 9.89. The molecule has 3 aromatic rings. The second-order valence-electron chi connectivity index (χ2n) is 8.33. The van der Waals surface area contributed by atoms with Crippen LogP contribution in [0.5, 0.6) is 5.75 Å². The minimum absolute atomic E-state index is 0.147. The number of aromatic nitrogens is 2. The summed E-state index contributed by atoms with van der Waals surface area (Å²) in [6, 6.07) is 14.7. The van der Waals surface area contributed by atoms with Crippen LogP contribution in [0.1, 0.15) is 35.4 Å². The maximum atomic E-state index is 14.8. The van der Waals surface area contributed by atoms with E-state index in [2.05, 4.69) is 20.8 Å². The lowest BCUT2D eigenvalue weighted by molar-refractivity contribution is -0.274. The van der Waals surface area contributed by atoms with E-state index in [4.69, 9.17) is 0 Å². The van der Waals surface area contributed by atoms with E-state index in [1.54, 1.807) is 10.7 Å². The first kappa shape index (κ1) is 23.8. The van der Waals surface area contributed by atoms with Crippen LogP contribution in [0.3, 0.4) is 0 Å².